The van der Waals surface area contributed by atoms with Crippen molar-refractivity contribution in [3.63, 3.8) is 0 Å². The largest absolute Gasteiger partial charge is 0.381 e. The smallest absolute Gasteiger partial charge is 0.227 e. The lowest BCUT2D eigenvalue weighted by Gasteiger charge is -2.38. The minimum atomic E-state index is -0.242. The quantitative estimate of drug-likeness (QED) is 0.327. The first kappa shape index (κ1) is 26.2. The summed E-state index contributed by atoms with van der Waals surface area (Å²) in [5.41, 5.74) is 0.708. The van der Waals surface area contributed by atoms with E-state index in [1.165, 1.54) is 0 Å². The second kappa shape index (κ2) is 12.8. The number of halogens is 2. The Morgan fingerprint density at radius 3 is 2.52 bits per heavy atom. The number of piperazine rings is 1. The number of methoxy groups -OCH3 is 1. The first-order valence-electron chi connectivity index (χ1n) is 10.7. The molecule has 9 heteroatoms. The topological polar surface area (TPSA) is 66.4 Å². The zero-order valence-electron chi connectivity index (χ0n) is 18.4. The van der Waals surface area contributed by atoms with Crippen molar-refractivity contribution in [1.82, 2.24) is 15.1 Å². The molecule has 2 aliphatic heterocycles. The molecule has 0 unspecified atom stereocenters. The molecule has 3 rings (SSSR count). The second-order valence-corrected chi connectivity index (χ2v) is 8.28. The number of nitrogens with one attached hydrogen (secondary N) is 1. The fraction of sp³-hybridized carbons (Fsp3) is 0.636. The Kier molecular flexibility index (Phi) is 10.8. The van der Waals surface area contributed by atoms with Gasteiger partial charge in [0.1, 0.15) is 0 Å². The van der Waals surface area contributed by atoms with Crippen LogP contribution in [0.3, 0.4) is 0 Å². The Morgan fingerprint density at radius 2 is 1.90 bits per heavy atom. The molecule has 31 heavy (non-hydrogen) atoms. The van der Waals surface area contributed by atoms with Crippen LogP contribution in [0.25, 0.3) is 0 Å². The Bertz CT molecular complexity index is 735. The number of benzene rings is 1. The van der Waals surface area contributed by atoms with E-state index in [1.807, 2.05) is 29.2 Å². The van der Waals surface area contributed by atoms with Crippen molar-refractivity contribution in [3.8, 4) is 0 Å². The summed E-state index contributed by atoms with van der Waals surface area (Å²) in [7, 11) is 1.76. The summed E-state index contributed by atoms with van der Waals surface area (Å²) in [4.78, 5) is 21.7. The van der Waals surface area contributed by atoms with Crippen LogP contribution in [-0.4, -0.2) is 86.9 Å². The van der Waals surface area contributed by atoms with Crippen molar-refractivity contribution in [2.24, 2.45) is 4.99 Å². The third-order valence-electron chi connectivity index (χ3n) is 5.87. The number of hydrogen-bond acceptors (Lipinski definition) is 4. The highest BCUT2D eigenvalue weighted by Crippen LogP contribution is 2.25. The van der Waals surface area contributed by atoms with Crippen molar-refractivity contribution >= 4 is 47.4 Å². The fourth-order valence-corrected chi connectivity index (χ4v) is 4.13. The molecule has 0 spiro atoms. The summed E-state index contributed by atoms with van der Waals surface area (Å²) in [5.74, 6) is 1.03. The Labute approximate surface area is 207 Å². The predicted octanol–water partition coefficient (Wildman–Crippen LogP) is 2.81. The zero-order valence-corrected chi connectivity index (χ0v) is 21.5. The lowest BCUT2D eigenvalue weighted by atomic mass is 9.94. The lowest BCUT2D eigenvalue weighted by molar-refractivity contribution is -0.131. The van der Waals surface area contributed by atoms with E-state index < -0.39 is 0 Å². The number of aliphatic imine (C=N–C) groups is 1. The number of carbonyl (C=O) groups is 1. The summed E-state index contributed by atoms with van der Waals surface area (Å²) >= 11 is 6.04. The van der Waals surface area contributed by atoms with Crippen molar-refractivity contribution in [1.29, 1.82) is 0 Å². The van der Waals surface area contributed by atoms with Gasteiger partial charge in [-0.1, -0.05) is 23.7 Å². The number of rotatable bonds is 6. The van der Waals surface area contributed by atoms with Crippen molar-refractivity contribution in [2.75, 3.05) is 59.6 Å². The minimum Gasteiger partial charge on any atom is -0.381 e. The molecule has 2 aliphatic rings. The first-order valence-corrected chi connectivity index (χ1v) is 11.1. The Hall–Kier alpha value is -1.10. The highest BCUT2D eigenvalue weighted by molar-refractivity contribution is 14.0. The predicted molar refractivity (Wildman–Crippen MR) is 134 cm³/mol. The molecule has 1 amide bonds. The molecule has 0 bridgehead atoms. The van der Waals surface area contributed by atoms with Crippen LogP contribution in [0.1, 0.15) is 25.3 Å². The SMILES string of the molecule is CCNC(=NCC1(OC)CCOCC1)N1CCN(C(=O)Cc2cccc(Cl)c2)CC1.I. The zero-order chi connectivity index (χ0) is 21.4. The highest BCUT2D eigenvalue weighted by Gasteiger charge is 2.33. The van der Waals surface area contributed by atoms with Crippen LogP contribution >= 0.6 is 35.6 Å². The van der Waals surface area contributed by atoms with E-state index in [2.05, 4.69) is 17.1 Å². The molecule has 0 radical (unpaired) electrons. The number of carbonyl (C=O) groups excluding carboxylic acids is 1. The van der Waals surface area contributed by atoms with Gasteiger partial charge in [0.25, 0.3) is 0 Å². The maximum atomic E-state index is 12.7. The van der Waals surface area contributed by atoms with Gasteiger partial charge in [0, 0.05) is 70.9 Å². The van der Waals surface area contributed by atoms with Gasteiger partial charge in [-0.3, -0.25) is 9.79 Å². The summed E-state index contributed by atoms with van der Waals surface area (Å²) in [5, 5.41) is 4.06. The maximum absolute atomic E-state index is 12.7. The molecule has 2 fully saturated rings. The first-order chi connectivity index (χ1) is 14.5. The van der Waals surface area contributed by atoms with E-state index in [0.29, 0.717) is 44.3 Å². The molecule has 174 valence electrons. The van der Waals surface area contributed by atoms with Crippen LogP contribution in [0.2, 0.25) is 5.02 Å². The van der Waals surface area contributed by atoms with Gasteiger partial charge in [-0.25, -0.2) is 0 Å². The van der Waals surface area contributed by atoms with Gasteiger partial charge < -0.3 is 24.6 Å². The fourth-order valence-electron chi connectivity index (χ4n) is 3.92. The van der Waals surface area contributed by atoms with Gasteiger partial charge in [0.15, 0.2) is 5.96 Å². The van der Waals surface area contributed by atoms with E-state index >= 15 is 0 Å². The molecular formula is C22H34ClIN4O3. The number of amides is 1. The number of nitrogens with zero attached hydrogens (tertiary/aromatic N) is 3. The summed E-state index contributed by atoms with van der Waals surface area (Å²) in [6.45, 7) is 7.81. The number of guanidine groups is 1. The van der Waals surface area contributed by atoms with Crippen LogP contribution in [0.5, 0.6) is 0 Å². The van der Waals surface area contributed by atoms with Gasteiger partial charge in [-0.05, 0) is 24.6 Å². The maximum Gasteiger partial charge on any atom is 0.227 e. The van der Waals surface area contributed by atoms with Crippen LogP contribution in [0.15, 0.2) is 29.3 Å². The van der Waals surface area contributed by atoms with Crippen molar-refractivity contribution < 1.29 is 14.3 Å². The lowest BCUT2D eigenvalue weighted by Crippen LogP contribution is -2.54. The summed E-state index contributed by atoms with van der Waals surface area (Å²) in [6, 6.07) is 7.50. The monoisotopic (exact) mass is 564 g/mol. The minimum absolute atomic E-state index is 0. The third-order valence-corrected chi connectivity index (χ3v) is 6.10. The van der Waals surface area contributed by atoms with Crippen LogP contribution in [-0.2, 0) is 20.7 Å². The average molecular weight is 565 g/mol. The second-order valence-electron chi connectivity index (χ2n) is 7.84. The summed E-state index contributed by atoms with van der Waals surface area (Å²) in [6.07, 6.45) is 2.10. The normalized spacial score (nSPS) is 19.0. The van der Waals surface area contributed by atoms with E-state index in [4.69, 9.17) is 26.1 Å². The molecule has 0 aromatic heterocycles. The molecule has 1 aromatic rings. The molecule has 7 nitrogen and oxygen atoms in total. The van der Waals surface area contributed by atoms with Gasteiger partial charge in [-0.2, -0.15) is 0 Å². The van der Waals surface area contributed by atoms with Crippen LogP contribution in [0.4, 0.5) is 0 Å². The van der Waals surface area contributed by atoms with Gasteiger partial charge in [0.2, 0.25) is 5.91 Å². The molecule has 2 saturated heterocycles. The Balaban J connectivity index is 0.00000341. The van der Waals surface area contributed by atoms with E-state index in [1.54, 1.807) is 7.11 Å². The van der Waals surface area contributed by atoms with Gasteiger partial charge >= 0.3 is 0 Å². The van der Waals surface area contributed by atoms with Gasteiger partial charge in [-0.15, -0.1) is 24.0 Å². The molecule has 2 heterocycles. The van der Waals surface area contributed by atoms with Gasteiger partial charge in [0.05, 0.1) is 18.6 Å². The molecular weight excluding hydrogens is 531 g/mol. The van der Waals surface area contributed by atoms with E-state index in [-0.39, 0.29) is 35.5 Å². The van der Waals surface area contributed by atoms with Crippen molar-refractivity contribution in [3.05, 3.63) is 34.9 Å². The molecule has 0 aliphatic carbocycles. The van der Waals surface area contributed by atoms with Crippen LogP contribution in [0, 0.1) is 0 Å². The molecule has 1 N–H and O–H groups in total. The average Bonchev–Trinajstić information content (AvgIpc) is 2.77. The van der Waals surface area contributed by atoms with E-state index in [9.17, 15) is 4.79 Å². The Morgan fingerprint density at radius 1 is 1.23 bits per heavy atom. The van der Waals surface area contributed by atoms with Crippen LogP contribution < -0.4 is 5.32 Å². The summed E-state index contributed by atoms with van der Waals surface area (Å²) < 4.78 is 11.3. The number of hydrogen-bond donors (Lipinski definition) is 1. The molecule has 0 saturated carbocycles. The molecule has 1 aromatic carbocycles. The number of ether oxygens (including phenoxy) is 2. The third kappa shape index (κ3) is 7.47. The highest BCUT2D eigenvalue weighted by atomic mass is 127. The standard InChI is InChI=1S/C22H33ClN4O3.HI/c1-3-24-21(25-17-22(29-2)7-13-30-14-8-22)27-11-9-26(10-12-27)20(28)16-18-5-4-6-19(23)15-18;/h4-6,15H,3,7-14,16-17H2,1-2H3,(H,24,25);1H. The molecule has 0 atom stereocenters. The van der Waals surface area contributed by atoms with E-state index in [0.717, 1.165) is 44.0 Å². The van der Waals surface area contributed by atoms with Crippen molar-refractivity contribution in [2.45, 2.75) is 31.8 Å².